The van der Waals surface area contributed by atoms with Crippen LogP contribution < -0.4 is 5.32 Å². The van der Waals surface area contributed by atoms with E-state index in [1.165, 1.54) is 0 Å². The Morgan fingerprint density at radius 2 is 1.88 bits per heavy atom. The lowest BCUT2D eigenvalue weighted by molar-refractivity contribution is -0.119. The Bertz CT molecular complexity index is 728. The average Bonchev–Trinajstić information content (AvgIpc) is 2.64. The molecule has 0 bridgehead atoms. The van der Waals surface area contributed by atoms with E-state index in [9.17, 15) is 9.59 Å². The molecule has 124 valence electrons. The van der Waals surface area contributed by atoms with Gasteiger partial charge in [-0.2, -0.15) is 0 Å². The molecule has 1 fully saturated rings. The zero-order valence-electron chi connectivity index (χ0n) is 13.0. The molecule has 1 aromatic heterocycles. The van der Waals surface area contributed by atoms with E-state index in [0.717, 1.165) is 16.6 Å². The molecule has 0 atom stereocenters. The second-order valence-corrected chi connectivity index (χ2v) is 6.32. The van der Waals surface area contributed by atoms with Gasteiger partial charge in [-0.3, -0.25) is 9.59 Å². The monoisotopic (exact) mass is 388 g/mol. The molecule has 0 radical (unpaired) electrons. The number of hydrogen-bond acceptors (Lipinski definition) is 4. The number of rotatable bonds is 4. The van der Waals surface area contributed by atoms with Gasteiger partial charge in [-0.25, -0.2) is 4.98 Å². The molecular weight excluding hydrogens is 372 g/mol. The molecule has 2 aromatic rings. The quantitative estimate of drug-likeness (QED) is 0.817. The maximum Gasteiger partial charge on any atom is 0.255 e. The Labute approximate surface area is 148 Å². The van der Waals surface area contributed by atoms with Crippen molar-refractivity contribution in [3.8, 4) is 0 Å². The van der Waals surface area contributed by atoms with Crippen molar-refractivity contribution in [1.29, 1.82) is 0 Å². The molecule has 0 saturated carbocycles. The van der Waals surface area contributed by atoms with Crippen LogP contribution in [-0.2, 0) is 4.79 Å². The summed E-state index contributed by atoms with van der Waals surface area (Å²) in [5.74, 6) is 0.615. The van der Waals surface area contributed by atoms with E-state index in [1.807, 2.05) is 24.3 Å². The number of benzene rings is 1. The zero-order valence-corrected chi connectivity index (χ0v) is 14.6. The summed E-state index contributed by atoms with van der Waals surface area (Å²) < 4.78 is 0.944. The Hall–Kier alpha value is -2.41. The second kappa shape index (κ2) is 7.44. The third-order valence-electron chi connectivity index (χ3n) is 3.90. The molecule has 0 unspecified atom stereocenters. The van der Waals surface area contributed by atoms with Gasteiger partial charge in [0.2, 0.25) is 6.41 Å². The molecule has 24 heavy (non-hydrogen) atoms. The van der Waals surface area contributed by atoms with Crippen LogP contribution in [-0.4, -0.2) is 53.3 Å². The highest BCUT2D eigenvalue weighted by molar-refractivity contribution is 9.10. The first-order chi connectivity index (χ1) is 11.7. The molecule has 0 aliphatic carbocycles. The Morgan fingerprint density at radius 3 is 2.50 bits per heavy atom. The average molecular weight is 389 g/mol. The van der Waals surface area contributed by atoms with Gasteiger partial charge in [-0.1, -0.05) is 12.1 Å². The highest BCUT2D eigenvalue weighted by Crippen LogP contribution is 2.24. The number of nitrogens with zero attached hydrogens (tertiary/aromatic N) is 3. The molecule has 1 N–H and O–H groups in total. The van der Waals surface area contributed by atoms with Crippen molar-refractivity contribution in [3.05, 3.63) is 52.6 Å². The van der Waals surface area contributed by atoms with E-state index in [0.29, 0.717) is 37.6 Å². The smallest absolute Gasteiger partial charge is 0.255 e. The van der Waals surface area contributed by atoms with Crippen LogP contribution in [0.15, 0.2) is 47.1 Å². The lowest BCUT2D eigenvalue weighted by Gasteiger charge is -2.32. The molecule has 1 aliphatic heterocycles. The second-order valence-electron chi connectivity index (χ2n) is 5.47. The van der Waals surface area contributed by atoms with Gasteiger partial charge < -0.3 is 15.1 Å². The molecule has 2 amide bonds. The topological polar surface area (TPSA) is 65.5 Å². The number of nitrogens with one attached hydrogen (secondary N) is 1. The van der Waals surface area contributed by atoms with Gasteiger partial charge in [-0.15, -0.1) is 0 Å². The van der Waals surface area contributed by atoms with Gasteiger partial charge in [0.25, 0.3) is 5.91 Å². The van der Waals surface area contributed by atoms with Crippen LogP contribution in [0, 0.1) is 0 Å². The van der Waals surface area contributed by atoms with Gasteiger partial charge >= 0.3 is 0 Å². The number of para-hydroxylation sites is 1. The summed E-state index contributed by atoms with van der Waals surface area (Å²) in [6.45, 7) is 2.25. The molecule has 1 aromatic carbocycles. The zero-order chi connectivity index (χ0) is 16.9. The molecule has 0 spiro atoms. The summed E-state index contributed by atoms with van der Waals surface area (Å²) in [5.41, 5.74) is 1.46. The van der Waals surface area contributed by atoms with E-state index in [4.69, 9.17) is 0 Å². The van der Waals surface area contributed by atoms with Crippen LogP contribution in [0.4, 0.5) is 11.5 Å². The number of aromatic nitrogens is 1. The van der Waals surface area contributed by atoms with Gasteiger partial charge in [0, 0.05) is 36.8 Å². The van der Waals surface area contributed by atoms with Crippen molar-refractivity contribution in [2.24, 2.45) is 0 Å². The number of amides is 2. The van der Waals surface area contributed by atoms with Gasteiger partial charge in [0.05, 0.1) is 11.3 Å². The first-order valence-corrected chi connectivity index (χ1v) is 8.43. The van der Waals surface area contributed by atoms with Gasteiger partial charge in [0.15, 0.2) is 0 Å². The van der Waals surface area contributed by atoms with E-state index >= 15 is 0 Å². The Morgan fingerprint density at radius 1 is 1.12 bits per heavy atom. The summed E-state index contributed by atoms with van der Waals surface area (Å²) in [6.07, 6.45) is 2.40. The normalized spacial score (nSPS) is 14.4. The van der Waals surface area contributed by atoms with Crippen LogP contribution in [0.3, 0.4) is 0 Å². The van der Waals surface area contributed by atoms with Crippen molar-refractivity contribution in [2.45, 2.75) is 0 Å². The predicted octanol–water partition coefficient (Wildman–Crippen LogP) is 2.50. The highest BCUT2D eigenvalue weighted by atomic mass is 79.9. The number of piperazine rings is 1. The highest BCUT2D eigenvalue weighted by Gasteiger charge is 2.21. The fourth-order valence-electron chi connectivity index (χ4n) is 2.51. The maximum absolute atomic E-state index is 12.5. The number of carbonyl (C=O) groups is 2. The minimum atomic E-state index is -0.0551. The van der Waals surface area contributed by atoms with Crippen LogP contribution >= 0.6 is 15.9 Å². The largest absolute Gasteiger partial charge is 0.342 e. The third kappa shape index (κ3) is 3.73. The first kappa shape index (κ1) is 16.4. The molecule has 7 heteroatoms. The van der Waals surface area contributed by atoms with Crippen LogP contribution in [0.25, 0.3) is 0 Å². The van der Waals surface area contributed by atoms with Crippen molar-refractivity contribution in [1.82, 2.24) is 14.8 Å². The number of carbonyl (C=O) groups excluding carboxylic acids is 2. The molecule has 3 rings (SSSR count). The molecule has 6 nitrogen and oxygen atoms in total. The van der Waals surface area contributed by atoms with E-state index < -0.39 is 0 Å². The van der Waals surface area contributed by atoms with E-state index in [1.54, 1.807) is 28.1 Å². The summed E-state index contributed by atoms with van der Waals surface area (Å²) in [7, 11) is 0. The SMILES string of the molecule is O=CN1CCN(C(=O)c2ccc(Nc3ccccc3Br)nc2)CC1. The van der Waals surface area contributed by atoms with Crippen molar-refractivity contribution < 1.29 is 9.59 Å². The lowest BCUT2D eigenvalue weighted by Crippen LogP contribution is -2.48. The maximum atomic E-state index is 12.5. The van der Waals surface area contributed by atoms with Crippen molar-refractivity contribution in [3.63, 3.8) is 0 Å². The van der Waals surface area contributed by atoms with Gasteiger partial charge in [-0.05, 0) is 40.2 Å². The first-order valence-electron chi connectivity index (χ1n) is 7.63. The lowest BCUT2D eigenvalue weighted by atomic mass is 10.2. The summed E-state index contributed by atoms with van der Waals surface area (Å²) >= 11 is 3.47. The fourth-order valence-corrected chi connectivity index (χ4v) is 2.89. The van der Waals surface area contributed by atoms with Crippen LogP contribution in [0.1, 0.15) is 10.4 Å². The van der Waals surface area contributed by atoms with E-state index in [-0.39, 0.29) is 5.91 Å². The summed E-state index contributed by atoms with van der Waals surface area (Å²) in [5, 5.41) is 3.20. The van der Waals surface area contributed by atoms with Crippen molar-refractivity contribution in [2.75, 3.05) is 31.5 Å². The number of hydrogen-bond donors (Lipinski definition) is 1. The predicted molar refractivity (Wildman–Crippen MR) is 95.2 cm³/mol. The molecule has 1 saturated heterocycles. The Balaban J connectivity index is 1.65. The van der Waals surface area contributed by atoms with Gasteiger partial charge in [0.1, 0.15) is 5.82 Å². The minimum absolute atomic E-state index is 0.0551. The summed E-state index contributed by atoms with van der Waals surface area (Å²) in [6, 6.07) is 11.3. The van der Waals surface area contributed by atoms with Crippen LogP contribution in [0.5, 0.6) is 0 Å². The van der Waals surface area contributed by atoms with Crippen molar-refractivity contribution >= 4 is 39.8 Å². The van der Waals surface area contributed by atoms with Crippen LogP contribution in [0.2, 0.25) is 0 Å². The molecule has 2 heterocycles. The number of pyridine rings is 1. The number of anilines is 2. The molecule has 1 aliphatic rings. The minimum Gasteiger partial charge on any atom is -0.342 e. The summed E-state index contributed by atoms with van der Waals surface area (Å²) in [4.78, 5) is 30.9. The third-order valence-corrected chi connectivity index (χ3v) is 4.59. The number of halogens is 1. The Kier molecular flexibility index (Phi) is 5.10. The fraction of sp³-hybridized carbons (Fsp3) is 0.235. The van der Waals surface area contributed by atoms with E-state index in [2.05, 4.69) is 26.2 Å². The standard InChI is InChI=1S/C17H17BrN4O2/c18-14-3-1-2-4-15(14)20-16-6-5-13(11-19-16)17(24)22-9-7-21(12-23)8-10-22/h1-6,11-12H,7-10H2,(H,19,20). The molecular formula is C17H17BrN4O2.